The molecule has 1 aliphatic carbocycles. The van der Waals surface area contributed by atoms with Gasteiger partial charge in [0, 0.05) is 10.9 Å². The smallest absolute Gasteiger partial charge is 0.275 e. The van der Waals surface area contributed by atoms with Crippen LogP contribution in [0.25, 0.3) is 15.9 Å². The van der Waals surface area contributed by atoms with Crippen molar-refractivity contribution in [3.05, 3.63) is 51.4 Å². The van der Waals surface area contributed by atoms with Gasteiger partial charge in [0.25, 0.3) is 5.56 Å². The summed E-state index contributed by atoms with van der Waals surface area (Å²) in [6, 6.07) is 7.99. The Hall–Kier alpha value is -2.22. The molecule has 1 aliphatic rings. The van der Waals surface area contributed by atoms with Gasteiger partial charge in [0.1, 0.15) is 22.9 Å². The number of fused-ring (bicyclic) bond motifs is 1. The maximum atomic E-state index is 13.2. The molecule has 3 aromatic rings. The third kappa shape index (κ3) is 5.05. The van der Waals surface area contributed by atoms with Crippen LogP contribution in [0.3, 0.4) is 0 Å². The van der Waals surface area contributed by atoms with E-state index in [-0.39, 0.29) is 23.8 Å². The molecule has 3 unspecified atom stereocenters. The van der Waals surface area contributed by atoms with Gasteiger partial charge < -0.3 is 15.6 Å². The van der Waals surface area contributed by atoms with Gasteiger partial charge in [-0.1, -0.05) is 13.8 Å². The number of benzene rings is 1. The standard InChI is InChI=1S/C25H33N3O3S/c1-4-19(29)6-7-21-13-22-24(32-21)25(30)28(14-27-22)18-5-8-23(16(3)11-18)31-20-10-15(2)9-17(26)12-20/h5,8,11,13-15,17,19-20,29H,4,6-7,9-10,12,26H2,1-3H3/t15?,17?,19?,20-/m0/s1. The van der Waals surface area contributed by atoms with Crippen LogP contribution in [-0.2, 0) is 6.42 Å². The number of hydrogen-bond acceptors (Lipinski definition) is 6. The number of nitrogens with zero attached hydrogens (tertiary/aromatic N) is 2. The van der Waals surface area contributed by atoms with E-state index in [0.717, 1.165) is 59.5 Å². The number of ether oxygens (including phenoxy) is 1. The zero-order valence-corrected chi connectivity index (χ0v) is 19.9. The van der Waals surface area contributed by atoms with E-state index in [1.54, 1.807) is 10.9 Å². The highest BCUT2D eigenvalue weighted by Gasteiger charge is 2.26. The molecule has 0 bridgehead atoms. The SMILES string of the molecule is CCC(O)CCc1cc2ncn(-c3ccc(O[C@H]4CC(C)CC(N)C4)c(C)c3)c(=O)c2s1. The van der Waals surface area contributed by atoms with E-state index in [1.807, 2.05) is 38.1 Å². The number of nitrogens with two attached hydrogens (primary N) is 1. The summed E-state index contributed by atoms with van der Waals surface area (Å²) in [7, 11) is 0. The lowest BCUT2D eigenvalue weighted by atomic mass is 9.85. The number of aromatic nitrogens is 2. The van der Waals surface area contributed by atoms with Crippen molar-refractivity contribution in [3.8, 4) is 11.4 Å². The third-order valence-electron chi connectivity index (χ3n) is 6.35. The molecule has 1 aromatic carbocycles. The van der Waals surface area contributed by atoms with Gasteiger partial charge in [-0.2, -0.15) is 0 Å². The van der Waals surface area contributed by atoms with Crippen molar-refractivity contribution in [3.63, 3.8) is 0 Å². The van der Waals surface area contributed by atoms with Crippen molar-refractivity contribution in [2.75, 3.05) is 0 Å². The van der Waals surface area contributed by atoms with E-state index >= 15 is 0 Å². The average molecular weight is 456 g/mol. The van der Waals surface area contributed by atoms with E-state index in [0.29, 0.717) is 17.0 Å². The number of aliphatic hydroxyl groups excluding tert-OH is 1. The van der Waals surface area contributed by atoms with Crippen molar-refractivity contribution < 1.29 is 9.84 Å². The summed E-state index contributed by atoms with van der Waals surface area (Å²) in [5.74, 6) is 1.41. The minimum atomic E-state index is -0.305. The molecule has 0 radical (unpaired) electrons. The summed E-state index contributed by atoms with van der Waals surface area (Å²) in [6.07, 6.45) is 6.57. The quantitative estimate of drug-likeness (QED) is 0.553. The van der Waals surface area contributed by atoms with Crippen molar-refractivity contribution in [2.45, 2.75) is 77.5 Å². The summed E-state index contributed by atoms with van der Waals surface area (Å²) >= 11 is 1.47. The van der Waals surface area contributed by atoms with Crippen LogP contribution < -0.4 is 16.0 Å². The molecular weight excluding hydrogens is 422 g/mol. The largest absolute Gasteiger partial charge is 0.490 e. The lowest BCUT2D eigenvalue weighted by Crippen LogP contribution is -2.37. The molecule has 0 saturated heterocycles. The fourth-order valence-electron chi connectivity index (χ4n) is 4.57. The molecule has 7 heteroatoms. The summed E-state index contributed by atoms with van der Waals surface area (Å²) < 4.78 is 8.52. The summed E-state index contributed by atoms with van der Waals surface area (Å²) in [4.78, 5) is 18.8. The van der Waals surface area contributed by atoms with Crippen molar-refractivity contribution in [1.82, 2.24) is 9.55 Å². The van der Waals surface area contributed by atoms with Crippen LogP contribution in [0.2, 0.25) is 0 Å². The summed E-state index contributed by atoms with van der Waals surface area (Å²) in [6.45, 7) is 6.20. The molecule has 4 rings (SSSR count). The molecule has 0 aliphatic heterocycles. The molecule has 2 heterocycles. The second-order valence-corrected chi connectivity index (χ2v) is 10.3. The topological polar surface area (TPSA) is 90.4 Å². The Balaban J connectivity index is 1.55. The Morgan fingerprint density at radius 3 is 2.84 bits per heavy atom. The fourth-order valence-corrected chi connectivity index (χ4v) is 5.62. The van der Waals surface area contributed by atoms with Gasteiger partial charge in [-0.3, -0.25) is 9.36 Å². The summed E-state index contributed by atoms with van der Waals surface area (Å²) in [5.41, 5.74) is 8.59. The van der Waals surface area contributed by atoms with Gasteiger partial charge in [0.2, 0.25) is 0 Å². The predicted molar refractivity (Wildman–Crippen MR) is 130 cm³/mol. The number of rotatable bonds is 7. The van der Waals surface area contributed by atoms with E-state index in [2.05, 4.69) is 11.9 Å². The van der Waals surface area contributed by atoms with Crippen LogP contribution >= 0.6 is 11.3 Å². The van der Waals surface area contributed by atoms with Gasteiger partial charge in [-0.15, -0.1) is 11.3 Å². The second kappa shape index (κ2) is 9.73. The minimum absolute atomic E-state index is 0.0672. The lowest BCUT2D eigenvalue weighted by Gasteiger charge is -2.32. The van der Waals surface area contributed by atoms with Crippen LogP contribution in [0, 0.1) is 12.8 Å². The molecule has 1 fully saturated rings. The Labute approximate surface area is 193 Å². The maximum absolute atomic E-state index is 13.2. The van der Waals surface area contributed by atoms with Crippen LogP contribution in [0.4, 0.5) is 0 Å². The second-order valence-electron chi connectivity index (χ2n) is 9.21. The first-order chi connectivity index (χ1) is 15.3. The lowest BCUT2D eigenvalue weighted by molar-refractivity contribution is 0.117. The van der Waals surface area contributed by atoms with Crippen LogP contribution in [0.5, 0.6) is 5.75 Å². The molecule has 2 aromatic heterocycles. The Bertz CT molecular complexity index is 1130. The zero-order valence-electron chi connectivity index (χ0n) is 19.1. The zero-order chi connectivity index (χ0) is 22.8. The monoisotopic (exact) mass is 455 g/mol. The van der Waals surface area contributed by atoms with Gasteiger partial charge in [-0.05, 0) is 81.2 Å². The van der Waals surface area contributed by atoms with Gasteiger partial charge in [-0.25, -0.2) is 4.98 Å². The third-order valence-corrected chi connectivity index (χ3v) is 7.52. The van der Waals surface area contributed by atoms with E-state index in [1.165, 1.54) is 11.3 Å². The van der Waals surface area contributed by atoms with Crippen LogP contribution in [0.1, 0.15) is 56.4 Å². The molecule has 32 heavy (non-hydrogen) atoms. The van der Waals surface area contributed by atoms with E-state index in [4.69, 9.17) is 10.5 Å². The number of thiophene rings is 1. The molecule has 4 atom stereocenters. The highest BCUT2D eigenvalue weighted by atomic mass is 32.1. The van der Waals surface area contributed by atoms with Crippen molar-refractivity contribution >= 4 is 21.6 Å². The van der Waals surface area contributed by atoms with Gasteiger partial charge in [0.05, 0.1) is 17.3 Å². The molecule has 3 N–H and O–H groups in total. The maximum Gasteiger partial charge on any atom is 0.275 e. The number of aryl methyl sites for hydroxylation is 2. The minimum Gasteiger partial charge on any atom is -0.490 e. The number of hydrogen-bond donors (Lipinski definition) is 2. The molecule has 0 amide bonds. The van der Waals surface area contributed by atoms with Crippen molar-refractivity contribution in [1.29, 1.82) is 0 Å². The van der Waals surface area contributed by atoms with Crippen molar-refractivity contribution in [2.24, 2.45) is 11.7 Å². The molecule has 0 spiro atoms. The molecule has 6 nitrogen and oxygen atoms in total. The van der Waals surface area contributed by atoms with Crippen LogP contribution in [-0.4, -0.2) is 32.9 Å². The number of aliphatic hydroxyl groups is 1. The Kier molecular flexibility index (Phi) is 6.98. The Morgan fingerprint density at radius 1 is 1.31 bits per heavy atom. The van der Waals surface area contributed by atoms with Crippen LogP contribution in [0.15, 0.2) is 35.4 Å². The molecule has 1 saturated carbocycles. The van der Waals surface area contributed by atoms with E-state index in [9.17, 15) is 9.90 Å². The van der Waals surface area contributed by atoms with Gasteiger partial charge >= 0.3 is 0 Å². The first kappa shape index (κ1) is 23.0. The molecular formula is C25H33N3O3S. The summed E-state index contributed by atoms with van der Waals surface area (Å²) in [5, 5.41) is 9.83. The van der Waals surface area contributed by atoms with E-state index < -0.39 is 0 Å². The first-order valence-electron chi connectivity index (χ1n) is 11.6. The highest BCUT2D eigenvalue weighted by molar-refractivity contribution is 7.18. The van der Waals surface area contributed by atoms with Gasteiger partial charge in [0.15, 0.2) is 0 Å². The first-order valence-corrected chi connectivity index (χ1v) is 12.4. The Morgan fingerprint density at radius 2 is 2.12 bits per heavy atom. The highest BCUT2D eigenvalue weighted by Crippen LogP contribution is 2.30. The average Bonchev–Trinajstić information content (AvgIpc) is 3.17. The predicted octanol–water partition coefficient (Wildman–Crippen LogP) is 4.35. The fraction of sp³-hybridized carbons (Fsp3) is 0.520. The molecule has 172 valence electrons. The normalized spacial score (nSPS) is 22.2.